The molecule has 4 nitrogen and oxygen atoms in total. The minimum Gasteiger partial charge on any atom is -1.00 e. The van der Waals surface area contributed by atoms with Crippen molar-refractivity contribution in [1.82, 2.24) is 0 Å². The van der Waals surface area contributed by atoms with Crippen LogP contribution in [0.2, 0.25) is 0 Å². The fourth-order valence-electron chi connectivity index (χ4n) is 0. The molecule has 0 aliphatic rings. The maximum atomic E-state index is 7.33. The molecule has 0 aliphatic heterocycles. The van der Waals surface area contributed by atoms with E-state index in [1.807, 2.05) is 0 Å². The minimum absolute atomic E-state index is 0. The smallest absolute Gasteiger partial charge is 1.00 e. The fraction of sp³-hybridized carbons (Fsp3) is 0. The van der Waals surface area contributed by atoms with Gasteiger partial charge in [0.05, 0.1) is 0 Å². The third kappa shape index (κ3) is 79.2. The molecule has 0 fully saturated rings. The van der Waals surface area contributed by atoms with Gasteiger partial charge in [0.2, 0.25) is 0 Å². The van der Waals surface area contributed by atoms with E-state index in [1.165, 1.54) is 0 Å². The molecule has 0 saturated heterocycles. The molecule has 0 amide bonds. The molecule has 7 heavy (non-hydrogen) atoms. The topological polar surface area (TPSA) is 80.9 Å². The van der Waals surface area contributed by atoms with Gasteiger partial charge in [-0.2, -0.15) is 0 Å². The summed E-state index contributed by atoms with van der Waals surface area (Å²) in [5, 5.41) is 0. The van der Waals surface area contributed by atoms with Gasteiger partial charge < -0.3 is 22.0 Å². The van der Waals surface area contributed by atoms with Crippen molar-refractivity contribution in [2.24, 2.45) is 0 Å². The summed E-state index contributed by atoms with van der Waals surface area (Å²) in [5.41, 5.74) is 0. The Bertz CT molecular complexity index is 34.0. The summed E-state index contributed by atoms with van der Waals surface area (Å²) in [6.07, 6.45) is 0. The average Bonchev–Trinajstić information content (AvgIpc) is 0.722. The van der Waals surface area contributed by atoms with E-state index < -0.39 is 9.05 Å². The first kappa shape index (κ1) is 15.9. The molecule has 0 atom stereocenters. The van der Waals surface area contributed by atoms with Gasteiger partial charge in [-0.3, -0.25) is 0 Å². The van der Waals surface area contributed by atoms with Crippen molar-refractivity contribution in [3.05, 3.63) is 0 Å². The molecule has 43 valence electrons. The molecule has 0 unspecified atom stereocenters. The van der Waals surface area contributed by atoms with Gasteiger partial charge in [-0.1, -0.05) is 0 Å². The number of rotatable bonds is 0. The molecule has 7 heteroatoms. The van der Waals surface area contributed by atoms with E-state index >= 15 is 0 Å². The van der Waals surface area contributed by atoms with Crippen LogP contribution in [0.4, 0.5) is 0 Å². The van der Waals surface area contributed by atoms with Crippen molar-refractivity contribution in [2.75, 3.05) is 0 Å². The van der Waals surface area contributed by atoms with Crippen LogP contribution in [0.15, 0.2) is 0 Å². The Kier molecular flexibility index (Phi) is 13.6. The van der Waals surface area contributed by atoms with Crippen LogP contribution < -0.4 is 0 Å². The van der Waals surface area contributed by atoms with Crippen molar-refractivity contribution in [2.45, 2.75) is 0 Å². The average molecular weight is 193 g/mol. The summed E-state index contributed by atoms with van der Waals surface area (Å²) in [5.74, 6) is 0. The second-order valence-corrected chi connectivity index (χ2v) is 1.80. The zero-order valence-corrected chi connectivity index (χ0v) is 7.76. The summed E-state index contributed by atoms with van der Waals surface area (Å²) >= 11 is 0. The third-order valence-electron chi connectivity index (χ3n) is 0. The predicted molar refractivity (Wildman–Crippen MR) is 22.6 cm³/mol. The summed E-state index contributed by atoms with van der Waals surface area (Å²) < 4.78 is 0. The van der Waals surface area contributed by atoms with Gasteiger partial charge in [-0.05, 0) is 0 Å². The first-order chi connectivity index (χ1) is 2.00. The Morgan fingerprint density at radius 1 is 1.00 bits per heavy atom. The van der Waals surface area contributed by atoms with Gasteiger partial charge in [0.1, 0.15) is 0 Å². The van der Waals surface area contributed by atoms with Crippen LogP contribution in [0.1, 0.15) is 2.85 Å². The molecule has 0 rings (SSSR count). The Labute approximate surface area is 85.1 Å². The molecule has 0 aromatic carbocycles. The number of hydrogen-bond acceptors (Lipinski definition) is 4. The van der Waals surface area contributed by atoms with E-state index in [-0.39, 0.29) is 57.7 Å². The van der Waals surface area contributed by atoms with E-state index in [0.29, 0.717) is 0 Å². The molecule has 0 heterocycles. The predicted octanol–water partition coefficient (Wildman–Crippen LogP) is -2.77. The second-order valence-electron chi connectivity index (χ2n) is 0.600. The SMILES string of the molecule is O[Si](O)(O)O.[Ca+2].[H-].[H-].[Mn]. The maximum Gasteiger partial charge on any atom is 2.00 e. The van der Waals surface area contributed by atoms with Crippen LogP contribution in [0.25, 0.3) is 0 Å². The Hall–Kier alpha value is 1.84. The second kappa shape index (κ2) is 5.96. The van der Waals surface area contributed by atoms with E-state index in [0.717, 1.165) is 0 Å². The van der Waals surface area contributed by atoms with Gasteiger partial charge in [0.25, 0.3) is 0 Å². The van der Waals surface area contributed by atoms with Crippen molar-refractivity contribution in [3.8, 4) is 0 Å². The normalized spacial score (nSPS) is 8.57. The van der Waals surface area contributed by atoms with E-state index in [2.05, 4.69) is 0 Å². The third-order valence-corrected chi connectivity index (χ3v) is 0. The van der Waals surface area contributed by atoms with E-state index in [9.17, 15) is 0 Å². The summed E-state index contributed by atoms with van der Waals surface area (Å²) in [6, 6.07) is 0. The summed E-state index contributed by atoms with van der Waals surface area (Å²) in [6.45, 7) is 0. The standard InChI is InChI=1S/Ca.Mn.H4O4Si.2H/c;;1-5(2,3)4;;/h;;1-4H;;/q+2;;;2*-1. The Morgan fingerprint density at radius 3 is 1.00 bits per heavy atom. The summed E-state index contributed by atoms with van der Waals surface area (Å²) in [7, 11) is -4.61. The van der Waals surface area contributed by atoms with E-state index in [1.54, 1.807) is 0 Å². The van der Waals surface area contributed by atoms with Crippen molar-refractivity contribution < 1.29 is 39.1 Å². The molecular weight excluding hydrogens is 187 g/mol. The van der Waals surface area contributed by atoms with Crippen LogP contribution in [0.3, 0.4) is 0 Å². The molecule has 0 bridgehead atoms. The first-order valence-corrected chi connectivity index (χ1v) is 2.68. The number of hydrogen-bond donors (Lipinski definition) is 4. The van der Waals surface area contributed by atoms with Crippen molar-refractivity contribution in [3.63, 3.8) is 0 Å². The largest absolute Gasteiger partial charge is 2.00 e. The Morgan fingerprint density at radius 2 is 1.00 bits per heavy atom. The van der Waals surface area contributed by atoms with Crippen LogP contribution in [0.5, 0.6) is 0 Å². The monoisotopic (exact) mass is 193 g/mol. The minimum atomic E-state index is -4.61. The molecule has 0 saturated carbocycles. The van der Waals surface area contributed by atoms with Crippen LogP contribution in [0, 0.1) is 0 Å². The van der Waals surface area contributed by atoms with Crippen molar-refractivity contribution in [1.29, 1.82) is 0 Å². The van der Waals surface area contributed by atoms with Crippen LogP contribution >= 0.6 is 0 Å². The van der Waals surface area contributed by atoms with Gasteiger partial charge in [0.15, 0.2) is 0 Å². The first-order valence-electron chi connectivity index (χ1n) is 0.894. The molecule has 0 spiro atoms. The fourth-order valence-corrected chi connectivity index (χ4v) is 0. The molecule has 4 N–H and O–H groups in total. The van der Waals surface area contributed by atoms with Gasteiger partial charge >= 0.3 is 46.8 Å². The van der Waals surface area contributed by atoms with Gasteiger partial charge in [-0.25, -0.2) is 0 Å². The zero-order valence-electron chi connectivity index (χ0n) is 5.37. The summed E-state index contributed by atoms with van der Waals surface area (Å²) in [4.78, 5) is 29.3. The van der Waals surface area contributed by atoms with Gasteiger partial charge in [0, 0.05) is 17.1 Å². The van der Waals surface area contributed by atoms with Gasteiger partial charge in [-0.15, -0.1) is 0 Å². The molecule has 1 radical (unpaired) electrons. The van der Waals surface area contributed by atoms with Crippen LogP contribution in [-0.2, 0) is 17.1 Å². The molecular formula is H6CaMnO4Si. The molecule has 0 aromatic heterocycles. The Balaban J connectivity index is -0.0000000133. The molecule has 0 aromatic rings. The van der Waals surface area contributed by atoms with Crippen LogP contribution in [-0.4, -0.2) is 66.0 Å². The van der Waals surface area contributed by atoms with Crippen molar-refractivity contribution >= 4 is 46.8 Å². The zero-order chi connectivity index (χ0) is 4.50. The maximum absolute atomic E-state index is 7.33. The van der Waals surface area contributed by atoms with E-state index in [4.69, 9.17) is 19.2 Å². The quantitative estimate of drug-likeness (QED) is 0.314. The molecule has 0 aliphatic carbocycles.